The largest absolute Gasteiger partial charge is 0.399 e. The van der Waals surface area contributed by atoms with Gasteiger partial charge in [0.2, 0.25) is 5.91 Å². The number of carbonyl (C=O) groups excluding carboxylic acids is 1. The molecule has 0 fully saturated rings. The van der Waals surface area contributed by atoms with Crippen LogP contribution < -0.4 is 11.1 Å². The first-order valence-electron chi connectivity index (χ1n) is 6.60. The number of benzene rings is 1. The van der Waals surface area contributed by atoms with E-state index in [1.807, 2.05) is 29.7 Å². The molecule has 0 aliphatic carbocycles. The van der Waals surface area contributed by atoms with Gasteiger partial charge in [-0.3, -0.25) is 4.79 Å². The van der Waals surface area contributed by atoms with Crippen LogP contribution in [-0.2, 0) is 16.1 Å². The topological polar surface area (TPSA) is 82.2 Å². The van der Waals surface area contributed by atoms with E-state index >= 15 is 0 Å². The fourth-order valence-electron chi connectivity index (χ4n) is 2.14. The summed E-state index contributed by atoms with van der Waals surface area (Å²) in [6, 6.07) is 5.63. The van der Waals surface area contributed by atoms with Gasteiger partial charge >= 0.3 is 0 Å². The Labute approximate surface area is 117 Å². The van der Waals surface area contributed by atoms with Gasteiger partial charge in [0, 0.05) is 32.3 Å². The lowest BCUT2D eigenvalue weighted by molar-refractivity contribution is -0.121. The maximum Gasteiger partial charge on any atom is 0.221 e. The second-order valence-corrected chi connectivity index (χ2v) is 4.65. The van der Waals surface area contributed by atoms with Crippen molar-refractivity contribution in [2.24, 2.45) is 0 Å². The summed E-state index contributed by atoms with van der Waals surface area (Å²) in [6.45, 7) is 3.59. The van der Waals surface area contributed by atoms with Gasteiger partial charge in [0.1, 0.15) is 5.82 Å². The number of fused-ring (bicyclic) bond motifs is 1. The zero-order valence-corrected chi connectivity index (χ0v) is 11.8. The lowest BCUT2D eigenvalue weighted by Crippen LogP contribution is -2.27. The van der Waals surface area contributed by atoms with Crippen molar-refractivity contribution in [3.63, 3.8) is 0 Å². The molecule has 0 saturated carbocycles. The molecule has 0 radical (unpaired) electrons. The number of nitrogens with zero attached hydrogens (tertiary/aromatic N) is 2. The third-order valence-corrected chi connectivity index (χ3v) is 3.15. The molecule has 2 aromatic rings. The van der Waals surface area contributed by atoms with Crippen molar-refractivity contribution < 1.29 is 9.53 Å². The quantitative estimate of drug-likeness (QED) is 0.611. The predicted molar refractivity (Wildman–Crippen MR) is 78.4 cm³/mol. The highest BCUT2D eigenvalue weighted by molar-refractivity contribution is 5.80. The molecule has 0 spiro atoms. The van der Waals surface area contributed by atoms with E-state index in [0.29, 0.717) is 31.8 Å². The predicted octanol–water partition coefficient (Wildman–Crippen LogP) is 1.08. The zero-order chi connectivity index (χ0) is 14.5. The van der Waals surface area contributed by atoms with Crippen LogP contribution in [0.5, 0.6) is 0 Å². The van der Waals surface area contributed by atoms with E-state index < -0.39 is 0 Å². The lowest BCUT2D eigenvalue weighted by Gasteiger charge is -2.08. The Balaban J connectivity index is 2.02. The van der Waals surface area contributed by atoms with Gasteiger partial charge in [-0.05, 0) is 25.1 Å². The minimum atomic E-state index is 0.0127. The van der Waals surface area contributed by atoms with Crippen molar-refractivity contribution in [1.82, 2.24) is 14.9 Å². The van der Waals surface area contributed by atoms with Gasteiger partial charge in [0.25, 0.3) is 0 Å². The first kappa shape index (κ1) is 14.3. The summed E-state index contributed by atoms with van der Waals surface area (Å²) in [5.41, 5.74) is 8.31. The Hall–Kier alpha value is -2.08. The van der Waals surface area contributed by atoms with Crippen molar-refractivity contribution >= 4 is 22.6 Å². The second kappa shape index (κ2) is 6.38. The van der Waals surface area contributed by atoms with Gasteiger partial charge in [0.05, 0.1) is 17.6 Å². The van der Waals surface area contributed by atoms with Crippen LogP contribution >= 0.6 is 0 Å². The molecule has 108 valence electrons. The maximum atomic E-state index is 11.7. The molecule has 0 aliphatic heterocycles. The molecule has 1 aromatic carbocycles. The Morgan fingerprint density at radius 3 is 3.05 bits per heavy atom. The number of aromatic nitrogens is 2. The number of nitrogens with one attached hydrogen (secondary N) is 1. The Morgan fingerprint density at radius 1 is 1.50 bits per heavy atom. The summed E-state index contributed by atoms with van der Waals surface area (Å²) in [7, 11) is 1.61. The Morgan fingerprint density at radius 2 is 2.30 bits per heavy atom. The highest BCUT2D eigenvalue weighted by Crippen LogP contribution is 2.19. The van der Waals surface area contributed by atoms with E-state index in [-0.39, 0.29) is 5.91 Å². The van der Waals surface area contributed by atoms with E-state index in [1.54, 1.807) is 7.11 Å². The number of hydrogen-bond acceptors (Lipinski definition) is 4. The van der Waals surface area contributed by atoms with E-state index in [4.69, 9.17) is 10.5 Å². The Bertz CT molecular complexity index is 606. The number of hydrogen-bond donors (Lipinski definition) is 2. The van der Waals surface area contributed by atoms with Crippen LogP contribution in [-0.4, -0.2) is 35.7 Å². The molecule has 1 aromatic heterocycles. The zero-order valence-electron chi connectivity index (χ0n) is 11.8. The fraction of sp³-hybridized carbons (Fsp3) is 0.429. The number of nitrogens with two attached hydrogens (primary N) is 1. The first-order chi connectivity index (χ1) is 9.61. The minimum Gasteiger partial charge on any atom is -0.399 e. The minimum absolute atomic E-state index is 0.0127. The average Bonchev–Trinajstić information content (AvgIpc) is 2.71. The smallest absolute Gasteiger partial charge is 0.221 e. The molecule has 20 heavy (non-hydrogen) atoms. The number of rotatable bonds is 6. The number of aryl methyl sites for hydroxylation is 2. The van der Waals surface area contributed by atoms with Crippen molar-refractivity contribution in [2.75, 3.05) is 26.0 Å². The number of methoxy groups -OCH3 is 1. The summed E-state index contributed by atoms with van der Waals surface area (Å²) < 4.78 is 6.92. The summed E-state index contributed by atoms with van der Waals surface area (Å²) in [6.07, 6.45) is 0.417. The molecule has 0 saturated heterocycles. The molecular formula is C14H20N4O2. The second-order valence-electron chi connectivity index (χ2n) is 4.65. The average molecular weight is 276 g/mol. The van der Waals surface area contributed by atoms with Crippen molar-refractivity contribution in [3.8, 4) is 0 Å². The number of nitrogen functional groups attached to an aromatic ring is 1. The number of anilines is 1. The van der Waals surface area contributed by atoms with Crippen LogP contribution in [0.3, 0.4) is 0 Å². The van der Waals surface area contributed by atoms with Gasteiger partial charge in [-0.1, -0.05) is 0 Å². The van der Waals surface area contributed by atoms with Crippen LogP contribution in [0.15, 0.2) is 18.2 Å². The number of imidazole rings is 1. The normalized spacial score (nSPS) is 10.9. The molecule has 2 rings (SSSR count). The molecule has 0 bridgehead atoms. The van der Waals surface area contributed by atoms with Gasteiger partial charge in [0.15, 0.2) is 0 Å². The van der Waals surface area contributed by atoms with Crippen LogP contribution in [0.1, 0.15) is 12.2 Å². The summed E-state index contributed by atoms with van der Waals surface area (Å²) in [5.74, 6) is 0.897. The SMILES string of the molecule is COCCNC(=O)CCn1c(C)nc2cc(N)ccc21. The van der Waals surface area contributed by atoms with Gasteiger partial charge in [-0.2, -0.15) is 0 Å². The number of carbonyl (C=O) groups is 1. The van der Waals surface area contributed by atoms with Gasteiger partial charge < -0.3 is 20.4 Å². The van der Waals surface area contributed by atoms with Crippen molar-refractivity contribution in [1.29, 1.82) is 0 Å². The molecule has 0 atom stereocenters. The third kappa shape index (κ3) is 3.27. The molecule has 0 unspecified atom stereocenters. The highest BCUT2D eigenvalue weighted by atomic mass is 16.5. The number of ether oxygens (including phenoxy) is 1. The molecule has 0 aliphatic rings. The molecular weight excluding hydrogens is 256 g/mol. The standard InChI is InChI=1S/C14H20N4O2/c1-10-17-12-9-11(15)3-4-13(12)18(10)7-5-14(19)16-6-8-20-2/h3-4,9H,5-8,15H2,1-2H3,(H,16,19). The van der Waals surface area contributed by atoms with Crippen LogP contribution in [0.25, 0.3) is 11.0 Å². The fourth-order valence-corrected chi connectivity index (χ4v) is 2.14. The maximum absolute atomic E-state index is 11.7. The van der Waals surface area contributed by atoms with E-state index in [2.05, 4.69) is 10.3 Å². The lowest BCUT2D eigenvalue weighted by atomic mass is 10.2. The van der Waals surface area contributed by atoms with E-state index in [0.717, 1.165) is 16.9 Å². The summed E-state index contributed by atoms with van der Waals surface area (Å²) in [5, 5.41) is 2.80. The van der Waals surface area contributed by atoms with Crippen molar-refractivity contribution in [3.05, 3.63) is 24.0 Å². The van der Waals surface area contributed by atoms with Crippen LogP contribution in [0.2, 0.25) is 0 Å². The summed E-state index contributed by atoms with van der Waals surface area (Å²) >= 11 is 0. The first-order valence-corrected chi connectivity index (χ1v) is 6.60. The molecule has 6 heteroatoms. The van der Waals surface area contributed by atoms with Gasteiger partial charge in [-0.15, -0.1) is 0 Å². The molecule has 6 nitrogen and oxygen atoms in total. The van der Waals surface area contributed by atoms with E-state index in [9.17, 15) is 4.79 Å². The van der Waals surface area contributed by atoms with E-state index in [1.165, 1.54) is 0 Å². The summed E-state index contributed by atoms with van der Waals surface area (Å²) in [4.78, 5) is 16.2. The molecule has 1 amide bonds. The third-order valence-electron chi connectivity index (χ3n) is 3.15. The van der Waals surface area contributed by atoms with Gasteiger partial charge in [-0.25, -0.2) is 4.98 Å². The van der Waals surface area contributed by atoms with Crippen LogP contribution in [0.4, 0.5) is 5.69 Å². The Kier molecular flexibility index (Phi) is 4.57. The monoisotopic (exact) mass is 276 g/mol. The molecule has 1 heterocycles. The van der Waals surface area contributed by atoms with Crippen molar-refractivity contribution in [2.45, 2.75) is 19.9 Å². The number of amides is 1. The highest BCUT2D eigenvalue weighted by Gasteiger charge is 2.09. The molecule has 3 N–H and O–H groups in total. The van der Waals surface area contributed by atoms with Crippen LogP contribution in [0, 0.1) is 6.92 Å².